The van der Waals surface area contributed by atoms with Gasteiger partial charge in [0.25, 0.3) is 0 Å². The van der Waals surface area contributed by atoms with Crippen LogP contribution in [-0.4, -0.2) is 24.4 Å². The van der Waals surface area contributed by atoms with Gasteiger partial charge in [0.15, 0.2) is 0 Å². The fraction of sp³-hybridized carbons (Fsp3) is 1.00. The second-order valence-electron chi connectivity index (χ2n) is 4.73. The molecule has 1 N–H and O–H groups in total. The van der Waals surface area contributed by atoms with Crippen molar-refractivity contribution in [2.45, 2.75) is 52.1 Å². The lowest BCUT2D eigenvalue weighted by Crippen LogP contribution is -2.21. The zero-order valence-electron chi connectivity index (χ0n) is 9.54. The van der Waals surface area contributed by atoms with Crippen LogP contribution in [0.4, 0.5) is 0 Å². The number of aliphatic hydroxyl groups excluding tert-OH is 1. The zero-order chi connectivity index (χ0) is 10.4. The van der Waals surface area contributed by atoms with Crippen molar-refractivity contribution in [1.29, 1.82) is 0 Å². The maximum absolute atomic E-state index is 9.30. The van der Waals surface area contributed by atoms with E-state index in [1.54, 1.807) is 0 Å². The van der Waals surface area contributed by atoms with Gasteiger partial charge in [0.05, 0.1) is 12.7 Å². The largest absolute Gasteiger partial charge is 0.391 e. The molecule has 1 aliphatic rings. The lowest BCUT2D eigenvalue weighted by molar-refractivity contribution is 0.0120. The molecule has 0 aliphatic heterocycles. The van der Waals surface area contributed by atoms with Crippen molar-refractivity contribution < 1.29 is 9.84 Å². The molecular weight excluding hydrogens is 176 g/mol. The van der Waals surface area contributed by atoms with E-state index in [0.29, 0.717) is 6.61 Å². The quantitative estimate of drug-likeness (QED) is 0.739. The molecule has 0 saturated heterocycles. The van der Waals surface area contributed by atoms with Crippen molar-refractivity contribution in [2.75, 3.05) is 13.2 Å². The van der Waals surface area contributed by atoms with E-state index in [1.165, 1.54) is 25.7 Å². The molecule has 1 atom stereocenters. The summed E-state index contributed by atoms with van der Waals surface area (Å²) >= 11 is 0. The molecule has 1 unspecified atom stereocenters. The van der Waals surface area contributed by atoms with Crippen molar-refractivity contribution in [2.24, 2.45) is 11.8 Å². The van der Waals surface area contributed by atoms with Gasteiger partial charge in [0, 0.05) is 6.61 Å². The minimum absolute atomic E-state index is 0.266. The van der Waals surface area contributed by atoms with Crippen LogP contribution in [0.3, 0.4) is 0 Å². The summed E-state index contributed by atoms with van der Waals surface area (Å²) in [6, 6.07) is 0. The smallest absolute Gasteiger partial charge is 0.0771 e. The molecule has 0 heterocycles. The first-order chi connectivity index (χ1) is 6.72. The Morgan fingerprint density at radius 2 is 1.93 bits per heavy atom. The van der Waals surface area contributed by atoms with Gasteiger partial charge in [-0.2, -0.15) is 0 Å². The summed E-state index contributed by atoms with van der Waals surface area (Å²) in [4.78, 5) is 0. The Bertz CT molecular complexity index is 139. The molecule has 0 aromatic carbocycles. The second-order valence-corrected chi connectivity index (χ2v) is 4.73. The summed E-state index contributed by atoms with van der Waals surface area (Å²) in [5.74, 6) is 1.66. The lowest BCUT2D eigenvalue weighted by Gasteiger charge is -2.26. The highest BCUT2D eigenvalue weighted by Gasteiger charge is 2.18. The van der Waals surface area contributed by atoms with Gasteiger partial charge in [0.2, 0.25) is 0 Å². The van der Waals surface area contributed by atoms with Gasteiger partial charge in [-0.1, -0.05) is 26.7 Å². The monoisotopic (exact) mass is 200 g/mol. The predicted octanol–water partition coefficient (Wildman–Crippen LogP) is 2.60. The van der Waals surface area contributed by atoms with Gasteiger partial charge < -0.3 is 9.84 Å². The molecule has 0 radical (unpaired) electrons. The van der Waals surface area contributed by atoms with Crippen molar-refractivity contribution in [3.63, 3.8) is 0 Å². The Hall–Kier alpha value is -0.0800. The summed E-state index contributed by atoms with van der Waals surface area (Å²) in [7, 11) is 0. The zero-order valence-corrected chi connectivity index (χ0v) is 9.54. The van der Waals surface area contributed by atoms with Gasteiger partial charge in [-0.3, -0.25) is 0 Å². The van der Waals surface area contributed by atoms with E-state index in [-0.39, 0.29) is 6.10 Å². The Balaban J connectivity index is 2.02. The van der Waals surface area contributed by atoms with Crippen LogP contribution in [0, 0.1) is 11.8 Å². The van der Waals surface area contributed by atoms with Crippen molar-refractivity contribution >= 4 is 0 Å². The molecular formula is C12H24O2. The number of hydrogen-bond donors (Lipinski definition) is 1. The van der Waals surface area contributed by atoms with Crippen LogP contribution >= 0.6 is 0 Å². The molecule has 2 nitrogen and oxygen atoms in total. The third-order valence-electron chi connectivity index (χ3n) is 3.27. The number of ether oxygens (including phenoxy) is 1. The van der Waals surface area contributed by atoms with E-state index in [0.717, 1.165) is 24.9 Å². The topological polar surface area (TPSA) is 29.5 Å². The first-order valence-electron chi connectivity index (χ1n) is 5.98. The van der Waals surface area contributed by atoms with E-state index < -0.39 is 0 Å². The second kappa shape index (κ2) is 6.41. The molecule has 2 heteroatoms. The number of aliphatic hydroxyl groups is 1. The molecule has 0 amide bonds. The Labute approximate surface area is 87.7 Å². The molecule has 14 heavy (non-hydrogen) atoms. The van der Waals surface area contributed by atoms with Crippen molar-refractivity contribution in [1.82, 2.24) is 0 Å². The van der Waals surface area contributed by atoms with Gasteiger partial charge >= 0.3 is 0 Å². The number of hydrogen-bond acceptors (Lipinski definition) is 2. The predicted molar refractivity (Wildman–Crippen MR) is 58.2 cm³/mol. The van der Waals surface area contributed by atoms with Crippen LogP contribution in [0.5, 0.6) is 0 Å². The van der Waals surface area contributed by atoms with E-state index in [2.05, 4.69) is 6.92 Å². The highest BCUT2D eigenvalue weighted by Crippen LogP contribution is 2.28. The van der Waals surface area contributed by atoms with Crippen LogP contribution in [0.1, 0.15) is 46.0 Å². The van der Waals surface area contributed by atoms with Crippen molar-refractivity contribution in [3.8, 4) is 0 Å². The Morgan fingerprint density at radius 1 is 1.29 bits per heavy atom. The van der Waals surface area contributed by atoms with Crippen molar-refractivity contribution in [3.05, 3.63) is 0 Å². The molecule has 0 bridgehead atoms. The maximum atomic E-state index is 9.30. The van der Waals surface area contributed by atoms with Crippen LogP contribution in [0.25, 0.3) is 0 Å². The standard InChI is InChI=1S/C12H24O2/c1-3-12(13)9-14-8-11-6-4-10(2)5-7-11/h10-13H,3-9H2,1-2H3. The maximum Gasteiger partial charge on any atom is 0.0771 e. The molecule has 1 fully saturated rings. The minimum atomic E-state index is -0.266. The summed E-state index contributed by atoms with van der Waals surface area (Å²) < 4.78 is 5.51. The third kappa shape index (κ3) is 4.43. The van der Waals surface area contributed by atoms with E-state index >= 15 is 0 Å². The molecule has 84 valence electrons. The third-order valence-corrected chi connectivity index (χ3v) is 3.27. The molecule has 1 rings (SSSR count). The van der Waals surface area contributed by atoms with Gasteiger partial charge in [-0.15, -0.1) is 0 Å². The summed E-state index contributed by atoms with van der Waals surface area (Å²) in [5, 5.41) is 9.30. The minimum Gasteiger partial charge on any atom is -0.391 e. The Kier molecular flexibility index (Phi) is 5.49. The highest BCUT2D eigenvalue weighted by molar-refractivity contribution is 4.69. The molecule has 0 aromatic heterocycles. The molecule has 1 aliphatic carbocycles. The van der Waals surface area contributed by atoms with Crippen LogP contribution in [0.15, 0.2) is 0 Å². The normalized spacial score (nSPS) is 30.2. The average molecular weight is 200 g/mol. The summed E-state index contributed by atoms with van der Waals surface area (Å²) in [6.45, 7) is 5.68. The fourth-order valence-electron chi connectivity index (χ4n) is 1.98. The Morgan fingerprint density at radius 3 is 2.50 bits per heavy atom. The van der Waals surface area contributed by atoms with E-state index in [1.807, 2.05) is 6.92 Å². The van der Waals surface area contributed by atoms with Crippen LogP contribution in [0.2, 0.25) is 0 Å². The summed E-state index contributed by atoms with van der Waals surface area (Å²) in [6.07, 6.45) is 5.85. The highest BCUT2D eigenvalue weighted by atomic mass is 16.5. The van der Waals surface area contributed by atoms with Crippen LogP contribution < -0.4 is 0 Å². The van der Waals surface area contributed by atoms with Gasteiger partial charge in [-0.25, -0.2) is 0 Å². The summed E-state index contributed by atoms with van der Waals surface area (Å²) in [5.41, 5.74) is 0. The molecule has 1 saturated carbocycles. The average Bonchev–Trinajstić information content (AvgIpc) is 2.21. The SMILES string of the molecule is CCC(O)COCC1CCC(C)CC1. The van der Waals surface area contributed by atoms with Gasteiger partial charge in [0.1, 0.15) is 0 Å². The first-order valence-corrected chi connectivity index (χ1v) is 5.98. The molecule has 0 aromatic rings. The fourth-order valence-corrected chi connectivity index (χ4v) is 1.98. The van der Waals surface area contributed by atoms with E-state index in [4.69, 9.17) is 4.74 Å². The molecule has 0 spiro atoms. The number of rotatable bonds is 5. The first kappa shape index (κ1) is 12.0. The van der Waals surface area contributed by atoms with E-state index in [9.17, 15) is 5.11 Å². The van der Waals surface area contributed by atoms with Crippen LogP contribution in [-0.2, 0) is 4.74 Å². The van der Waals surface area contributed by atoms with Gasteiger partial charge in [-0.05, 0) is 31.1 Å². The lowest BCUT2D eigenvalue weighted by atomic mass is 9.83.